The summed E-state index contributed by atoms with van der Waals surface area (Å²) in [6, 6.07) is -0.860. The first-order chi connectivity index (χ1) is 52.1. The van der Waals surface area contributed by atoms with E-state index >= 15 is 0 Å². The Labute approximate surface area is 644 Å². The van der Waals surface area contributed by atoms with Crippen molar-refractivity contribution in [2.75, 3.05) is 114 Å². The molecule has 21 heterocycles. The van der Waals surface area contributed by atoms with E-state index in [0.717, 1.165) is 23.5 Å². The van der Waals surface area contributed by atoms with Gasteiger partial charge in [-0.25, -0.2) is 0 Å². The number of hydrogen-bond acceptors (Lipinski definition) is 44. The van der Waals surface area contributed by atoms with Gasteiger partial charge in [0.2, 0.25) is 11.8 Å². The Morgan fingerprint density at radius 2 is 0.633 bits per heavy atom. The number of hydrogen-bond donors (Lipinski definition) is 24. The lowest BCUT2D eigenvalue weighted by molar-refractivity contribution is -0.395. The number of thiol groups is 2. The van der Waals surface area contributed by atoms with E-state index in [9.17, 15) is 116 Å². The van der Waals surface area contributed by atoms with Crippen LogP contribution in [0.15, 0.2) is 0 Å². The monoisotopic (exact) mass is 1660 g/mol. The minimum Gasteiger partial charge on any atom is -0.394 e. The number of amides is 2. The van der Waals surface area contributed by atoms with Crippen molar-refractivity contribution in [2.45, 2.75) is 247 Å². The summed E-state index contributed by atoms with van der Waals surface area (Å²) in [5.74, 6) is -2.89. The van der Waals surface area contributed by atoms with Crippen molar-refractivity contribution in [1.82, 2.24) is 16.0 Å². The summed E-state index contributed by atoms with van der Waals surface area (Å²) >= 11 is 10.2. The van der Waals surface area contributed by atoms with E-state index < -0.39 is 278 Å². The van der Waals surface area contributed by atoms with Gasteiger partial charge in [-0.1, -0.05) is 0 Å². The van der Waals surface area contributed by atoms with Crippen LogP contribution >= 0.6 is 48.8 Å². The predicted molar refractivity (Wildman–Crippen MR) is 370 cm³/mol. The molecule has 0 spiro atoms. The van der Waals surface area contributed by atoms with Crippen LogP contribution in [0.3, 0.4) is 0 Å². The zero-order valence-corrected chi connectivity index (χ0v) is 62.8. The molecule has 21 aliphatic heterocycles. The Morgan fingerprint density at radius 1 is 0.367 bits per heavy atom. The Bertz CT molecular complexity index is 2740. The first-order valence-corrected chi connectivity index (χ1v) is 39.2. The summed E-state index contributed by atoms with van der Waals surface area (Å²) in [5.41, 5.74) is 0. The Balaban J connectivity index is 1.09. The standard InChI is InChI=1S/C63H107N3O39S4/c1-23(72)3-7-90-9-10-91-8-4-25(73)13-24(55(88)65-5-11-106)19-108-21-32-53-39(79)46(86)62(97-32)102-51-30(17-70)93-59(42(82)35(51)75)101-50-29(16-69)96-61(45(85)38(50)78)105-54-33(22-109-20-26(64-2)56(89)66-6-12-107)98-63(47(87)40(54)80)103-52-31(18-71)94-58(43(83)36(52)76)99-48-27(14-67)92-57(41(81)34(48)74)100-49-28(15-68)95-60(104-53)44(84)37(49)77/h24,26-54,57-64,67-71,74-87,106-107H,3-22H2,1-2H3,(H,65,88)(H,66,89)/t24-,26-,27?,28?,29?,30?,31?,32?,33?,34-,35-,36-,37-,38-,39-,40-,41?,42?,43?,44?,45?,46?,47?,48-,49-,50-,51-,52+,53-,54-,57-,58-,59+,60-,61+,62-,63+/m1/s1. The molecule has 0 radical (unpaired) electrons. The van der Waals surface area contributed by atoms with Gasteiger partial charge >= 0.3 is 0 Å². The fourth-order valence-corrected chi connectivity index (χ4v) is 15.9. The smallest absolute Gasteiger partial charge is 0.238 e. The topological polar surface area (TPSA) is 636 Å². The van der Waals surface area contributed by atoms with Gasteiger partial charge in [-0.3, -0.25) is 19.2 Å². The molecule has 46 heteroatoms. The maximum absolute atomic E-state index is 13.7. The molecule has 109 heavy (non-hydrogen) atoms. The number of aliphatic hydroxyl groups is 19. The number of thioether (sulfide) groups is 2. The number of nitrogens with one attached hydrogen (secondary N) is 3. The quantitative estimate of drug-likeness (QED) is 0.0226. The highest BCUT2D eigenvalue weighted by Crippen LogP contribution is 2.40. The highest BCUT2D eigenvalue weighted by Gasteiger charge is 2.60. The lowest BCUT2D eigenvalue weighted by Gasteiger charge is -2.50. The lowest BCUT2D eigenvalue weighted by Crippen LogP contribution is -2.68. The minimum absolute atomic E-state index is 0.0103. The highest BCUT2D eigenvalue weighted by molar-refractivity contribution is 7.99. The molecular weight excluding hydrogens is 1550 g/mol. The Hall–Kier alpha value is -1.76. The SMILES string of the molecule is CN[C@H](CSCC1O[C@H]2O[C@H]3C(CO)O[C@H](O[C@@H]4C(CO)O[C@H](O[C@@H]5C(CO)O[C@H](O[C@@H]6C(CSC[C@@H](CC(=O)CCOCCOCCC(C)=O)C(=O)NCCS)O[C@H](O[C@@H]7C(CO)O[C@@H](O[C@@H]8C(CO)O[C@@H](O[C@H]1[C@H](O)C2O)C(O)[C@H]8O)C(O)[C@H]7O)C(O)[C@H]6O)C(O)[C@H]5O)C(O)[C@H]4O)C(O)[C@H]3O)C(=O)NCCS. The van der Waals surface area contributed by atoms with Crippen LogP contribution in [0, 0.1) is 5.92 Å². The van der Waals surface area contributed by atoms with Crippen molar-refractivity contribution in [1.29, 1.82) is 0 Å². The van der Waals surface area contributed by atoms with E-state index in [0.29, 0.717) is 5.75 Å². The van der Waals surface area contributed by atoms with Crippen LogP contribution in [-0.2, 0) is 95.0 Å². The van der Waals surface area contributed by atoms with Gasteiger partial charge in [0.1, 0.15) is 170 Å². The predicted octanol–water partition coefficient (Wildman–Crippen LogP) is -13.1. The van der Waals surface area contributed by atoms with Gasteiger partial charge in [-0.15, -0.1) is 0 Å². The second kappa shape index (κ2) is 44.7. The summed E-state index contributed by atoms with van der Waals surface area (Å²) in [4.78, 5) is 51.3. The number of ether oxygens (including phenoxy) is 16. The van der Waals surface area contributed by atoms with Gasteiger partial charge in [-0.05, 0) is 14.0 Å². The van der Waals surface area contributed by atoms with Gasteiger partial charge in [-0.2, -0.15) is 48.8 Å². The number of carbonyl (C=O) groups excluding carboxylic acids is 4. The number of carbonyl (C=O) groups is 4. The van der Waals surface area contributed by atoms with Gasteiger partial charge < -0.3 is 189 Å². The van der Waals surface area contributed by atoms with Crippen molar-refractivity contribution in [3.05, 3.63) is 0 Å². The van der Waals surface area contributed by atoms with Gasteiger partial charge in [0.25, 0.3) is 0 Å². The molecule has 2 amide bonds. The van der Waals surface area contributed by atoms with Crippen molar-refractivity contribution >= 4 is 72.2 Å². The second-order valence-corrected chi connectivity index (χ2v) is 30.1. The third-order valence-corrected chi connectivity index (χ3v) is 22.2. The molecule has 22 N–H and O–H groups in total. The van der Waals surface area contributed by atoms with Gasteiger partial charge in [0.15, 0.2) is 44.0 Å². The fraction of sp³-hybridized carbons (Fsp3) is 0.937. The van der Waals surface area contributed by atoms with Crippen molar-refractivity contribution in [3.63, 3.8) is 0 Å². The van der Waals surface area contributed by atoms with E-state index in [1.165, 1.54) is 14.0 Å². The number of ketones is 2. The largest absolute Gasteiger partial charge is 0.394 e. The van der Waals surface area contributed by atoms with Crippen LogP contribution in [0.25, 0.3) is 0 Å². The van der Waals surface area contributed by atoms with E-state index in [2.05, 4.69) is 41.2 Å². The van der Waals surface area contributed by atoms with E-state index in [1.54, 1.807) is 0 Å². The van der Waals surface area contributed by atoms with Crippen molar-refractivity contribution in [3.8, 4) is 0 Å². The third kappa shape index (κ3) is 23.6. The van der Waals surface area contributed by atoms with Gasteiger partial charge in [0, 0.05) is 66.9 Å². The zero-order valence-electron chi connectivity index (χ0n) is 59.4. The molecule has 21 saturated heterocycles. The van der Waals surface area contributed by atoms with Crippen LogP contribution in [0.5, 0.6) is 0 Å². The molecule has 14 bridgehead atoms. The van der Waals surface area contributed by atoms with Crippen molar-refractivity contribution < 1.29 is 192 Å². The van der Waals surface area contributed by atoms with E-state index in [1.807, 2.05) is 0 Å². The first-order valence-electron chi connectivity index (χ1n) is 35.6. The molecule has 0 aliphatic carbocycles. The highest BCUT2D eigenvalue weighted by atomic mass is 32.2. The summed E-state index contributed by atoms with van der Waals surface area (Å²) in [6.07, 6.45) is -72.0. The van der Waals surface area contributed by atoms with Crippen LogP contribution in [-0.4, -0.2) is 456 Å². The average Bonchev–Trinajstić information content (AvgIpc) is 0.804. The molecule has 21 aliphatic rings. The Morgan fingerprint density at radius 3 is 0.908 bits per heavy atom. The molecule has 0 saturated carbocycles. The molecule has 21 fully saturated rings. The number of aliphatic hydroxyl groups excluding tert-OH is 19. The molecule has 14 unspecified atom stereocenters. The van der Waals surface area contributed by atoms with E-state index in [4.69, 9.17) is 75.8 Å². The molecule has 37 atom stereocenters. The summed E-state index contributed by atoms with van der Waals surface area (Å²) < 4.78 is 94.6. The average molecular weight is 1660 g/mol. The number of Topliss-reactive ketones (excluding diaryl/α,β-unsaturated/α-hetero) is 2. The summed E-state index contributed by atoms with van der Waals surface area (Å²) in [5, 5.41) is 227. The molecule has 0 aromatic heterocycles. The summed E-state index contributed by atoms with van der Waals surface area (Å²) in [7, 11) is 1.50. The fourth-order valence-electron chi connectivity index (χ4n) is 13.3. The molecule has 42 nitrogen and oxygen atoms in total. The first kappa shape index (κ1) is 92.7. The number of likely N-dealkylation sites (N-methyl/N-ethyl adjacent to an activating group) is 1. The maximum atomic E-state index is 13.7. The normalized spacial score (nSPS) is 43.0. The second-order valence-electron chi connectivity index (χ2n) is 27.1. The lowest BCUT2D eigenvalue weighted by atomic mass is 9.95. The van der Waals surface area contributed by atoms with Gasteiger partial charge in [0.05, 0.1) is 83.6 Å². The molecule has 632 valence electrons. The minimum atomic E-state index is -2.29. The van der Waals surface area contributed by atoms with Crippen LogP contribution in [0.4, 0.5) is 0 Å². The number of rotatable bonds is 31. The summed E-state index contributed by atoms with van der Waals surface area (Å²) in [6.45, 7) is -3.37. The molecule has 21 rings (SSSR count). The third-order valence-electron chi connectivity index (χ3n) is 19.4. The molecular formula is C63H107N3O39S4. The molecule has 0 aromatic rings. The maximum Gasteiger partial charge on any atom is 0.238 e. The van der Waals surface area contributed by atoms with Crippen LogP contribution in [0.2, 0.25) is 0 Å². The van der Waals surface area contributed by atoms with Crippen LogP contribution < -0.4 is 16.0 Å². The van der Waals surface area contributed by atoms with Crippen molar-refractivity contribution in [2.24, 2.45) is 5.92 Å². The Kier molecular flexibility index (Phi) is 38.0. The molecule has 0 aromatic carbocycles. The zero-order chi connectivity index (χ0) is 79.7. The van der Waals surface area contributed by atoms with Crippen LogP contribution in [0.1, 0.15) is 26.2 Å². The van der Waals surface area contributed by atoms with E-state index in [-0.39, 0.29) is 93.3 Å².